The molecule has 0 atom stereocenters. The Labute approximate surface area is 113 Å². The third-order valence-electron chi connectivity index (χ3n) is 2.51. The van der Waals surface area contributed by atoms with Crippen LogP contribution in [0.25, 0.3) is 0 Å². The molecule has 0 aliphatic heterocycles. The summed E-state index contributed by atoms with van der Waals surface area (Å²) in [6.07, 6.45) is 0. The Kier molecular flexibility index (Phi) is 5.36. The maximum Gasteiger partial charge on any atom is 0.339 e. The van der Waals surface area contributed by atoms with Crippen molar-refractivity contribution in [2.75, 3.05) is 32.2 Å². The van der Waals surface area contributed by atoms with Gasteiger partial charge in [-0.15, -0.1) is 0 Å². The average Bonchev–Trinajstić information content (AvgIpc) is 2.38. The Morgan fingerprint density at radius 2 is 1.53 bits per heavy atom. The lowest BCUT2D eigenvalue weighted by atomic mass is 10.1. The second kappa shape index (κ2) is 6.78. The molecule has 0 aliphatic carbocycles. The SMILES string of the molecule is CCOC(=O)c1ccc(N(C)C)cc1C(=O)OCC. The van der Waals surface area contributed by atoms with E-state index in [2.05, 4.69) is 0 Å². The fourth-order valence-electron chi connectivity index (χ4n) is 1.57. The zero-order valence-electron chi connectivity index (χ0n) is 11.7. The molecule has 5 nitrogen and oxygen atoms in total. The molecule has 0 aromatic heterocycles. The number of ether oxygens (including phenoxy) is 2. The minimum absolute atomic E-state index is 0.228. The number of hydrogen-bond donors (Lipinski definition) is 0. The molecule has 1 aromatic carbocycles. The van der Waals surface area contributed by atoms with Gasteiger partial charge in [0.25, 0.3) is 0 Å². The smallest absolute Gasteiger partial charge is 0.339 e. The van der Waals surface area contributed by atoms with Gasteiger partial charge in [-0.25, -0.2) is 9.59 Å². The van der Waals surface area contributed by atoms with Crippen molar-refractivity contribution in [2.45, 2.75) is 13.8 Å². The van der Waals surface area contributed by atoms with Gasteiger partial charge < -0.3 is 14.4 Å². The minimum atomic E-state index is -0.519. The largest absolute Gasteiger partial charge is 0.462 e. The maximum atomic E-state index is 11.9. The number of nitrogens with zero attached hydrogens (tertiary/aromatic N) is 1. The summed E-state index contributed by atoms with van der Waals surface area (Å²) < 4.78 is 9.90. The lowest BCUT2D eigenvalue weighted by Gasteiger charge is -2.15. The van der Waals surface area contributed by atoms with E-state index in [1.807, 2.05) is 19.0 Å². The van der Waals surface area contributed by atoms with Crippen LogP contribution in [-0.4, -0.2) is 39.2 Å². The second-order valence-corrected chi connectivity index (χ2v) is 4.07. The summed E-state index contributed by atoms with van der Waals surface area (Å²) in [4.78, 5) is 25.6. The molecule has 0 spiro atoms. The van der Waals surface area contributed by atoms with Crippen molar-refractivity contribution in [3.63, 3.8) is 0 Å². The van der Waals surface area contributed by atoms with E-state index in [0.717, 1.165) is 5.69 Å². The van der Waals surface area contributed by atoms with E-state index >= 15 is 0 Å². The molecule has 0 bridgehead atoms. The van der Waals surface area contributed by atoms with E-state index in [-0.39, 0.29) is 24.3 Å². The molecule has 19 heavy (non-hydrogen) atoms. The van der Waals surface area contributed by atoms with E-state index in [1.165, 1.54) is 0 Å². The van der Waals surface area contributed by atoms with Crippen molar-refractivity contribution in [3.05, 3.63) is 29.3 Å². The van der Waals surface area contributed by atoms with Crippen LogP contribution in [0.5, 0.6) is 0 Å². The lowest BCUT2D eigenvalue weighted by Crippen LogP contribution is -2.16. The summed E-state index contributed by atoms with van der Waals surface area (Å²) in [6, 6.07) is 4.97. The first-order valence-electron chi connectivity index (χ1n) is 6.16. The predicted octanol–water partition coefficient (Wildman–Crippen LogP) is 2.11. The first-order chi connectivity index (χ1) is 9.01. The molecule has 0 aliphatic rings. The van der Waals surface area contributed by atoms with Gasteiger partial charge in [-0.05, 0) is 32.0 Å². The van der Waals surface area contributed by atoms with Gasteiger partial charge in [0.15, 0.2) is 0 Å². The molecule has 0 fully saturated rings. The number of benzene rings is 1. The monoisotopic (exact) mass is 265 g/mol. The topological polar surface area (TPSA) is 55.8 Å². The molecular formula is C14H19NO4. The highest BCUT2D eigenvalue weighted by atomic mass is 16.5. The summed E-state index contributed by atoms with van der Waals surface area (Å²) >= 11 is 0. The molecule has 0 unspecified atom stereocenters. The molecule has 5 heteroatoms. The molecule has 0 saturated heterocycles. The lowest BCUT2D eigenvalue weighted by molar-refractivity contribution is 0.0479. The number of carbonyl (C=O) groups excluding carboxylic acids is 2. The van der Waals surface area contributed by atoms with Gasteiger partial charge >= 0.3 is 11.9 Å². The van der Waals surface area contributed by atoms with Crippen molar-refractivity contribution >= 4 is 17.6 Å². The Balaban J connectivity index is 3.22. The molecule has 0 radical (unpaired) electrons. The van der Waals surface area contributed by atoms with Crippen LogP contribution in [0.4, 0.5) is 5.69 Å². The van der Waals surface area contributed by atoms with Crippen molar-refractivity contribution < 1.29 is 19.1 Å². The number of esters is 2. The molecule has 0 N–H and O–H groups in total. The Hall–Kier alpha value is -2.04. The predicted molar refractivity (Wildman–Crippen MR) is 72.7 cm³/mol. The van der Waals surface area contributed by atoms with E-state index in [1.54, 1.807) is 32.0 Å². The summed E-state index contributed by atoms with van der Waals surface area (Å²) in [7, 11) is 3.71. The van der Waals surface area contributed by atoms with Gasteiger partial charge in [0.2, 0.25) is 0 Å². The highest BCUT2D eigenvalue weighted by molar-refractivity contribution is 6.04. The highest BCUT2D eigenvalue weighted by Gasteiger charge is 2.20. The van der Waals surface area contributed by atoms with Crippen molar-refractivity contribution in [3.8, 4) is 0 Å². The first-order valence-corrected chi connectivity index (χ1v) is 6.16. The summed E-state index contributed by atoms with van der Waals surface area (Å²) in [5.74, 6) is -1.04. The molecule has 0 amide bonds. The quantitative estimate of drug-likeness (QED) is 0.763. The van der Waals surface area contributed by atoms with E-state index in [0.29, 0.717) is 0 Å². The van der Waals surface area contributed by atoms with Crippen LogP contribution in [-0.2, 0) is 9.47 Å². The third kappa shape index (κ3) is 3.71. The average molecular weight is 265 g/mol. The van der Waals surface area contributed by atoms with Gasteiger partial charge in [0.1, 0.15) is 0 Å². The van der Waals surface area contributed by atoms with E-state index < -0.39 is 11.9 Å². The van der Waals surface area contributed by atoms with Gasteiger partial charge in [-0.1, -0.05) is 0 Å². The molecule has 1 aromatic rings. The van der Waals surface area contributed by atoms with Crippen LogP contribution in [0.15, 0.2) is 18.2 Å². The maximum absolute atomic E-state index is 11.9. The first kappa shape index (κ1) is 15.0. The molecule has 1 rings (SSSR count). The fraction of sp³-hybridized carbons (Fsp3) is 0.429. The zero-order valence-corrected chi connectivity index (χ0v) is 11.7. The van der Waals surface area contributed by atoms with Gasteiger partial charge in [0.05, 0.1) is 24.3 Å². The van der Waals surface area contributed by atoms with Crippen molar-refractivity contribution in [1.82, 2.24) is 0 Å². The number of carbonyl (C=O) groups is 2. The van der Waals surface area contributed by atoms with Crippen LogP contribution < -0.4 is 4.90 Å². The Morgan fingerprint density at radius 1 is 1.00 bits per heavy atom. The van der Waals surface area contributed by atoms with Crippen LogP contribution >= 0.6 is 0 Å². The van der Waals surface area contributed by atoms with Gasteiger partial charge in [-0.3, -0.25) is 0 Å². The third-order valence-corrected chi connectivity index (χ3v) is 2.51. The number of hydrogen-bond acceptors (Lipinski definition) is 5. The van der Waals surface area contributed by atoms with Crippen molar-refractivity contribution in [1.29, 1.82) is 0 Å². The van der Waals surface area contributed by atoms with Crippen molar-refractivity contribution in [2.24, 2.45) is 0 Å². The zero-order chi connectivity index (χ0) is 14.4. The number of anilines is 1. The number of rotatable bonds is 5. The summed E-state index contributed by atoms with van der Waals surface area (Å²) in [5.41, 5.74) is 1.27. The minimum Gasteiger partial charge on any atom is -0.462 e. The van der Waals surface area contributed by atoms with Gasteiger partial charge in [0, 0.05) is 19.8 Å². The van der Waals surface area contributed by atoms with Gasteiger partial charge in [-0.2, -0.15) is 0 Å². The standard InChI is InChI=1S/C14H19NO4/c1-5-18-13(16)11-8-7-10(15(3)4)9-12(11)14(17)19-6-2/h7-9H,5-6H2,1-4H3. The van der Waals surface area contributed by atoms with Crippen LogP contribution in [0.2, 0.25) is 0 Å². The molecule has 0 saturated carbocycles. The van der Waals surface area contributed by atoms with Crippen LogP contribution in [0.1, 0.15) is 34.6 Å². The fourth-order valence-corrected chi connectivity index (χ4v) is 1.57. The van der Waals surface area contributed by atoms with Crippen LogP contribution in [0.3, 0.4) is 0 Å². The summed E-state index contributed by atoms with van der Waals surface area (Å²) in [5, 5.41) is 0. The second-order valence-electron chi connectivity index (χ2n) is 4.07. The van der Waals surface area contributed by atoms with E-state index in [9.17, 15) is 9.59 Å². The molecule has 0 heterocycles. The Morgan fingerprint density at radius 3 is 2.00 bits per heavy atom. The molecular weight excluding hydrogens is 246 g/mol. The van der Waals surface area contributed by atoms with Crippen LogP contribution in [0, 0.1) is 0 Å². The summed E-state index contributed by atoms with van der Waals surface area (Å²) in [6.45, 7) is 3.96. The Bertz CT molecular complexity index is 469. The highest BCUT2D eigenvalue weighted by Crippen LogP contribution is 2.20. The normalized spacial score (nSPS) is 9.89. The van der Waals surface area contributed by atoms with E-state index in [4.69, 9.17) is 9.47 Å². The molecule has 104 valence electrons.